The second-order valence-electron chi connectivity index (χ2n) is 9.07. The molecule has 2 atom stereocenters. The molecule has 190 valence electrons. The number of likely N-dealkylation sites (tertiary alicyclic amines) is 1. The largest absolute Gasteiger partial charge is 0.508 e. The number of nitrogens with zero attached hydrogens (tertiary/aromatic N) is 1. The van der Waals surface area contributed by atoms with Crippen LogP contribution in [0.4, 0.5) is 22.0 Å². The highest BCUT2D eigenvalue weighted by Gasteiger charge is 2.39. The minimum atomic E-state index is -2.19. The molecule has 1 saturated heterocycles. The van der Waals surface area contributed by atoms with Crippen LogP contribution in [0.3, 0.4) is 0 Å². The first kappa shape index (κ1) is 24.9. The smallest absolute Gasteiger partial charge is 0.200 e. The maximum absolute atomic E-state index is 14.8. The Morgan fingerprint density at radius 1 is 0.861 bits per heavy atom. The van der Waals surface area contributed by atoms with E-state index in [0.717, 1.165) is 30.3 Å². The summed E-state index contributed by atoms with van der Waals surface area (Å²) >= 11 is 1.70. The summed E-state index contributed by atoms with van der Waals surface area (Å²) in [5.74, 6) is -10.7. The quantitative estimate of drug-likeness (QED) is 0.172. The molecular weight excluding hydrogens is 497 g/mol. The highest BCUT2D eigenvalue weighted by atomic mass is 32.2. The minimum Gasteiger partial charge on any atom is -0.508 e. The molecule has 1 fully saturated rings. The fourth-order valence-electron chi connectivity index (χ4n) is 5.08. The van der Waals surface area contributed by atoms with Crippen molar-refractivity contribution >= 4 is 11.8 Å². The van der Waals surface area contributed by atoms with Crippen LogP contribution in [-0.2, 0) is 0 Å². The number of ether oxygens (including phenoxy) is 1. The van der Waals surface area contributed by atoms with Crippen LogP contribution in [0.1, 0.15) is 41.4 Å². The van der Waals surface area contributed by atoms with Crippen molar-refractivity contribution in [2.24, 2.45) is 0 Å². The van der Waals surface area contributed by atoms with Crippen molar-refractivity contribution in [1.82, 2.24) is 4.90 Å². The summed E-state index contributed by atoms with van der Waals surface area (Å²) in [6.45, 7) is 2.91. The number of phenolic OH excluding ortho intramolecular Hbond substituents is 1. The monoisotopic (exact) mass is 521 g/mol. The first-order valence-electron chi connectivity index (χ1n) is 11.8. The van der Waals surface area contributed by atoms with Crippen molar-refractivity contribution in [3.63, 3.8) is 0 Å². The third kappa shape index (κ3) is 4.66. The molecule has 0 aliphatic carbocycles. The third-order valence-corrected chi connectivity index (χ3v) is 7.87. The number of halogens is 5. The second-order valence-corrected chi connectivity index (χ2v) is 10.2. The summed E-state index contributed by atoms with van der Waals surface area (Å²) < 4.78 is 77.2. The molecule has 3 aromatic rings. The van der Waals surface area contributed by atoms with Crippen LogP contribution in [-0.4, -0.2) is 42.0 Å². The third-order valence-electron chi connectivity index (χ3n) is 6.88. The summed E-state index contributed by atoms with van der Waals surface area (Å²) in [5, 5.41) is 9.87. The molecule has 3 nitrogen and oxygen atoms in total. The molecule has 5 rings (SSSR count). The van der Waals surface area contributed by atoms with Gasteiger partial charge in [0, 0.05) is 46.2 Å². The van der Waals surface area contributed by atoms with E-state index in [9.17, 15) is 27.1 Å². The number of rotatable bonds is 6. The van der Waals surface area contributed by atoms with Gasteiger partial charge in [-0.05, 0) is 49.7 Å². The molecule has 0 bridgehead atoms. The standard InChI is InChI=1S/C27H24F5NO2S/c28-23-22(24(29)26(31)27(32)25(23)30)19-14-35-20-13-16(34)5-8-18(20)21(19)15-3-6-17(7-4-15)36-12-11-33-9-1-2-10-33/h3-8,13,19,21,34H,1-2,9-12,14H2. The number of thioether (sulfide) groups is 1. The summed E-state index contributed by atoms with van der Waals surface area (Å²) in [5.41, 5.74) is 0.227. The van der Waals surface area contributed by atoms with E-state index in [1.165, 1.54) is 25.0 Å². The number of hydrogen-bond donors (Lipinski definition) is 1. The molecule has 2 aliphatic rings. The number of fused-ring (bicyclic) bond motifs is 1. The van der Waals surface area contributed by atoms with Crippen LogP contribution in [0.25, 0.3) is 0 Å². The van der Waals surface area contributed by atoms with Crippen LogP contribution in [0.15, 0.2) is 47.4 Å². The fourth-order valence-corrected chi connectivity index (χ4v) is 5.99. The van der Waals surface area contributed by atoms with Gasteiger partial charge >= 0.3 is 0 Å². The van der Waals surface area contributed by atoms with E-state index in [2.05, 4.69) is 4.90 Å². The van der Waals surface area contributed by atoms with Gasteiger partial charge in [0.2, 0.25) is 5.82 Å². The van der Waals surface area contributed by atoms with E-state index in [1.807, 2.05) is 24.3 Å². The normalized spacial score (nSPS) is 19.8. The Bertz CT molecular complexity index is 1240. The van der Waals surface area contributed by atoms with Crippen molar-refractivity contribution in [2.75, 3.05) is 32.0 Å². The predicted molar refractivity (Wildman–Crippen MR) is 127 cm³/mol. The average molecular weight is 522 g/mol. The molecule has 3 aromatic carbocycles. The first-order valence-corrected chi connectivity index (χ1v) is 12.8. The van der Waals surface area contributed by atoms with Gasteiger partial charge in [0.15, 0.2) is 23.3 Å². The molecule has 36 heavy (non-hydrogen) atoms. The summed E-state index contributed by atoms with van der Waals surface area (Å²) in [6.07, 6.45) is 2.46. The Labute approximate surface area is 209 Å². The summed E-state index contributed by atoms with van der Waals surface area (Å²) in [4.78, 5) is 3.44. The zero-order valence-corrected chi connectivity index (χ0v) is 20.1. The van der Waals surface area contributed by atoms with E-state index in [-0.39, 0.29) is 12.4 Å². The highest BCUT2D eigenvalue weighted by molar-refractivity contribution is 7.99. The van der Waals surface area contributed by atoms with Crippen LogP contribution in [0.2, 0.25) is 0 Å². The maximum atomic E-state index is 14.8. The van der Waals surface area contributed by atoms with Crippen LogP contribution in [0.5, 0.6) is 11.5 Å². The van der Waals surface area contributed by atoms with E-state index < -0.39 is 46.5 Å². The second kappa shape index (κ2) is 10.3. The van der Waals surface area contributed by atoms with Crippen LogP contribution < -0.4 is 4.74 Å². The van der Waals surface area contributed by atoms with Gasteiger partial charge in [-0.25, -0.2) is 22.0 Å². The topological polar surface area (TPSA) is 32.7 Å². The lowest BCUT2D eigenvalue weighted by Crippen LogP contribution is -2.28. The fraction of sp³-hybridized carbons (Fsp3) is 0.333. The van der Waals surface area contributed by atoms with E-state index >= 15 is 0 Å². The highest BCUT2D eigenvalue weighted by Crippen LogP contribution is 2.48. The average Bonchev–Trinajstić information content (AvgIpc) is 3.40. The molecule has 0 radical (unpaired) electrons. The van der Waals surface area contributed by atoms with Gasteiger partial charge in [0.1, 0.15) is 11.5 Å². The lowest BCUT2D eigenvalue weighted by atomic mass is 9.75. The van der Waals surface area contributed by atoms with Gasteiger partial charge in [0.05, 0.1) is 6.61 Å². The molecule has 2 aliphatic heterocycles. The van der Waals surface area contributed by atoms with Gasteiger partial charge in [-0.15, -0.1) is 11.8 Å². The number of hydrogen-bond acceptors (Lipinski definition) is 4. The van der Waals surface area contributed by atoms with E-state index in [1.54, 1.807) is 17.8 Å². The lowest BCUT2D eigenvalue weighted by Gasteiger charge is -2.35. The number of aromatic hydroxyl groups is 1. The summed E-state index contributed by atoms with van der Waals surface area (Å²) in [7, 11) is 0. The van der Waals surface area contributed by atoms with Gasteiger partial charge in [-0.1, -0.05) is 18.2 Å². The zero-order chi connectivity index (χ0) is 25.4. The summed E-state index contributed by atoms with van der Waals surface area (Å²) in [6, 6.07) is 11.7. The Hall–Kier alpha value is -2.78. The molecule has 1 N–H and O–H groups in total. The van der Waals surface area contributed by atoms with Gasteiger partial charge in [-0.2, -0.15) is 0 Å². The molecule has 2 heterocycles. The minimum absolute atomic E-state index is 0.0630. The molecule has 9 heteroatoms. The van der Waals surface area contributed by atoms with E-state index in [4.69, 9.17) is 4.74 Å². The zero-order valence-electron chi connectivity index (χ0n) is 19.2. The SMILES string of the molecule is Oc1ccc2c(c1)OCC(c1c(F)c(F)c(F)c(F)c1F)C2c1ccc(SCCN2CCCC2)cc1. The van der Waals surface area contributed by atoms with Gasteiger partial charge in [0.25, 0.3) is 0 Å². The molecule has 0 saturated carbocycles. The molecular formula is C27H24F5NO2S. The lowest BCUT2D eigenvalue weighted by molar-refractivity contribution is 0.237. The Morgan fingerprint density at radius 2 is 1.50 bits per heavy atom. The van der Waals surface area contributed by atoms with Crippen LogP contribution in [0, 0.1) is 29.1 Å². The van der Waals surface area contributed by atoms with Crippen molar-refractivity contribution in [3.8, 4) is 11.5 Å². The first-order chi connectivity index (χ1) is 17.3. The van der Waals surface area contributed by atoms with E-state index in [0.29, 0.717) is 16.9 Å². The van der Waals surface area contributed by atoms with Crippen molar-refractivity contribution in [1.29, 1.82) is 0 Å². The van der Waals surface area contributed by atoms with Crippen molar-refractivity contribution in [2.45, 2.75) is 29.6 Å². The number of benzene rings is 3. The predicted octanol–water partition coefficient (Wildman–Crippen LogP) is 6.58. The Balaban J connectivity index is 1.49. The van der Waals surface area contributed by atoms with Gasteiger partial charge < -0.3 is 14.7 Å². The molecule has 2 unspecified atom stereocenters. The Morgan fingerprint density at radius 3 is 2.17 bits per heavy atom. The molecule has 0 amide bonds. The van der Waals surface area contributed by atoms with Crippen molar-refractivity contribution < 1.29 is 31.8 Å². The maximum Gasteiger partial charge on any atom is 0.200 e. The van der Waals surface area contributed by atoms with Crippen LogP contribution >= 0.6 is 11.8 Å². The molecule has 0 spiro atoms. The van der Waals surface area contributed by atoms with Gasteiger partial charge in [-0.3, -0.25) is 0 Å². The van der Waals surface area contributed by atoms with Crippen molar-refractivity contribution in [3.05, 3.63) is 88.2 Å². The molecule has 0 aromatic heterocycles. The number of phenols is 1. The Kier molecular flexibility index (Phi) is 7.12.